The van der Waals surface area contributed by atoms with Gasteiger partial charge in [-0.15, -0.1) is 6.42 Å². The number of hydrogen-bond donors (Lipinski definition) is 0. The molecule has 0 N–H and O–H groups in total. The quantitative estimate of drug-likeness (QED) is 0.605. The van der Waals surface area contributed by atoms with Crippen LogP contribution in [-0.2, 0) is 0 Å². The molecule has 0 heterocycles. The van der Waals surface area contributed by atoms with Gasteiger partial charge < -0.3 is 0 Å². The third-order valence-electron chi connectivity index (χ3n) is 1.54. The Bertz CT molecular complexity index is 122. The number of nitrogens with zero attached hydrogens (tertiary/aromatic N) is 1. The second-order valence-corrected chi connectivity index (χ2v) is 3.48. The number of rotatable bonds is 4. The molecular weight excluding hydrogens is 158 g/mol. The maximum absolute atomic E-state index is 5.21. The Morgan fingerprint density at radius 3 is 1.92 bits per heavy atom. The van der Waals surface area contributed by atoms with Gasteiger partial charge in [-0.25, -0.2) is 0 Å². The normalized spacial score (nSPS) is 9.38. The molecule has 0 rings (SSSR count). The molecule has 0 aromatic carbocycles. The van der Waals surface area contributed by atoms with Crippen LogP contribution in [0.2, 0.25) is 0 Å². The molecule has 0 atom stereocenters. The van der Waals surface area contributed by atoms with E-state index in [1.165, 1.54) is 12.8 Å². The SMILES string of the molecule is C#CCN(CCC)C(C)C.CCC. The Balaban J connectivity index is 0. The Morgan fingerprint density at radius 2 is 1.69 bits per heavy atom. The molecule has 0 saturated heterocycles. The van der Waals surface area contributed by atoms with Gasteiger partial charge in [-0.1, -0.05) is 33.1 Å². The highest BCUT2D eigenvalue weighted by molar-refractivity contribution is 4.88. The molecule has 0 aromatic heterocycles. The van der Waals surface area contributed by atoms with Crippen molar-refractivity contribution < 1.29 is 0 Å². The van der Waals surface area contributed by atoms with E-state index in [4.69, 9.17) is 6.42 Å². The molecule has 0 spiro atoms. The third kappa shape index (κ3) is 11.5. The second-order valence-electron chi connectivity index (χ2n) is 3.48. The van der Waals surface area contributed by atoms with Crippen molar-refractivity contribution >= 4 is 0 Å². The van der Waals surface area contributed by atoms with Crippen LogP contribution in [0.1, 0.15) is 47.5 Å². The molecule has 1 nitrogen and oxygen atoms in total. The summed E-state index contributed by atoms with van der Waals surface area (Å²) in [6.45, 7) is 12.7. The van der Waals surface area contributed by atoms with E-state index in [9.17, 15) is 0 Å². The van der Waals surface area contributed by atoms with E-state index in [-0.39, 0.29) is 0 Å². The minimum absolute atomic E-state index is 0.580. The zero-order valence-corrected chi connectivity index (χ0v) is 9.93. The zero-order valence-electron chi connectivity index (χ0n) is 9.93. The van der Waals surface area contributed by atoms with E-state index in [0.717, 1.165) is 13.1 Å². The van der Waals surface area contributed by atoms with Gasteiger partial charge in [-0.05, 0) is 26.8 Å². The summed E-state index contributed by atoms with van der Waals surface area (Å²) >= 11 is 0. The van der Waals surface area contributed by atoms with Crippen LogP contribution in [0.5, 0.6) is 0 Å². The fourth-order valence-corrected chi connectivity index (χ4v) is 0.924. The lowest BCUT2D eigenvalue weighted by molar-refractivity contribution is 0.250. The molecule has 0 aliphatic heterocycles. The summed E-state index contributed by atoms with van der Waals surface area (Å²) in [6.07, 6.45) is 7.64. The molecule has 1 heteroatoms. The van der Waals surface area contributed by atoms with Crippen LogP contribution in [0.4, 0.5) is 0 Å². The van der Waals surface area contributed by atoms with Crippen LogP contribution in [0, 0.1) is 12.3 Å². The molecule has 78 valence electrons. The van der Waals surface area contributed by atoms with Gasteiger partial charge >= 0.3 is 0 Å². The summed E-state index contributed by atoms with van der Waals surface area (Å²) in [5.41, 5.74) is 0. The van der Waals surface area contributed by atoms with Crippen LogP contribution >= 0.6 is 0 Å². The largest absolute Gasteiger partial charge is 0.290 e. The lowest BCUT2D eigenvalue weighted by Gasteiger charge is -2.22. The van der Waals surface area contributed by atoms with Gasteiger partial charge in [0.15, 0.2) is 0 Å². The summed E-state index contributed by atoms with van der Waals surface area (Å²) < 4.78 is 0. The van der Waals surface area contributed by atoms with Gasteiger partial charge in [-0.3, -0.25) is 4.90 Å². The Labute approximate surface area is 84.5 Å². The third-order valence-corrected chi connectivity index (χ3v) is 1.54. The Hall–Kier alpha value is -0.480. The van der Waals surface area contributed by atoms with Gasteiger partial charge in [0.05, 0.1) is 6.54 Å². The first kappa shape index (κ1) is 15.0. The maximum atomic E-state index is 5.21. The van der Waals surface area contributed by atoms with E-state index in [2.05, 4.69) is 45.4 Å². The topological polar surface area (TPSA) is 3.24 Å². The Kier molecular flexibility index (Phi) is 13.3. The van der Waals surface area contributed by atoms with E-state index in [0.29, 0.717) is 6.04 Å². The number of terminal acetylenes is 1. The van der Waals surface area contributed by atoms with E-state index in [1.54, 1.807) is 0 Å². The summed E-state index contributed by atoms with van der Waals surface area (Å²) in [5.74, 6) is 2.66. The lowest BCUT2D eigenvalue weighted by atomic mass is 10.3. The minimum atomic E-state index is 0.580. The van der Waals surface area contributed by atoms with Gasteiger partial charge in [0, 0.05) is 6.04 Å². The summed E-state index contributed by atoms with van der Waals surface area (Å²) in [5, 5.41) is 0. The van der Waals surface area contributed by atoms with Crippen LogP contribution in [0.15, 0.2) is 0 Å². The van der Waals surface area contributed by atoms with Crippen molar-refractivity contribution in [3.8, 4) is 12.3 Å². The van der Waals surface area contributed by atoms with Crippen molar-refractivity contribution in [3.63, 3.8) is 0 Å². The fraction of sp³-hybridized carbons (Fsp3) is 0.833. The summed E-state index contributed by atoms with van der Waals surface area (Å²) in [7, 11) is 0. The summed E-state index contributed by atoms with van der Waals surface area (Å²) in [4.78, 5) is 2.29. The van der Waals surface area contributed by atoms with Crippen LogP contribution < -0.4 is 0 Å². The van der Waals surface area contributed by atoms with Crippen molar-refractivity contribution in [1.29, 1.82) is 0 Å². The highest BCUT2D eigenvalue weighted by Crippen LogP contribution is 1.97. The van der Waals surface area contributed by atoms with E-state index >= 15 is 0 Å². The molecule has 0 aromatic rings. The predicted octanol–water partition coefficient (Wildman–Crippen LogP) is 3.16. The predicted molar refractivity (Wildman–Crippen MR) is 61.8 cm³/mol. The molecule has 0 unspecified atom stereocenters. The van der Waals surface area contributed by atoms with Crippen molar-refractivity contribution in [3.05, 3.63) is 0 Å². The van der Waals surface area contributed by atoms with Crippen molar-refractivity contribution in [1.82, 2.24) is 4.90 Å². The minimum Gasteiger partial charge on any atom is -0.290 e. The maximum Gasteiger partial charge on any atom is 0.0601 e. The van der Waals surface area contributed by atoms with Gasteiger partial charge in [0.25, 0.3) is 0 Å². The molecule has 0 saturated carbocycles. The monoisotopic (exact) mass is 183 g/mol. The lowest BCUT2D eigenvalue weighted by Crippen LogP contribution is -2.31. The first-order valence-corrected chi connectivity index (χ1v) is 5.31. The molecular formula is C12H25N. The smallest absolute Gasteiger partial charge is 0.0601 e. The standard InChI is InChI=1S/C9H17N.C3H8/c1-5-7-10(8-6-2)9(3)4;1-3-2/h1,9H,6-8H2,2-4H3;3H2,1-2H3. The molecule has 0 aliphatic carbocycles. The average Bonchev–Trinajstić information content (AvgIpc) is 2.05. The van der Waals surface area contributed by atoms with Crippen LogP contribution in [0.3, 0.4) is 0 Å². The van der Waals surface area contributed by atoms with Gasteiger partial charge in [0.1, 0.15) is 0 Å². The number of hydrogen-bond acceptors (Lipinski definition) is 1. The highest BCUT2D eigenvalue weighted by Gasteiger charge is 2.04. The molecule has 0 bridgehead atoms. The van der Waals surface area contributed by atoms with Gasteiger partial charge in [-0.2, -0.15) is 0 Å². The zero-order chi connectivity index (χ0) is 10.7. The van der Waals surface area contributed by atoms with Gasteiger partial charge in [0.2, 0.25) is 0 Å². The van der Waals surface area contributed by atoms with Crippen molar-refractivity contribution in [2.24, 2.45) is 0 Å². The second kappa shape index (κ2) is 11.5. The Morgan fingerprint density at radius 1 is 1.23 bits per heavy atom. The van der Waals surface area contributed by atoms with Crippen LogP contribution in [-0.4, -0.2) is 24.0 Å². The van der Waals surface area contributed by atoms with Crippen molar-refractivity contribution in [2.45, 2.75) is 53.5 Å². The van der Waals surface area contributed by atoms with Crippen molar-refractivity contribution in [2.75, 3.05) is 13.1 Å². The highest BCUT2D eigenvalue weighted by atomic mass is 15.1. The first-order valence-electron chi connectivity index (χ1n) is 5.31. The molecule has 0 aliphatic rings. The first-order chi connectivity index (χ1) is 6.13. The molecule has 0 amide bonds. The molecule has 13 heavy (non-hydrogen) atoms. The van der Waals surface area contributed by atoms with E-state index < -0.39 is 0 Å². The fourth-order valence-electron chi connectivity index (χ4n) is 0.924. The molecule has 0 fully saturated rings. The van der Waals surface area contributed by atoms with E-state index in [1.807, 2.05) is 0 Å². The van der Waals surface area contributed by atoms with Crippen LogP contribution in [0.25, 0.3) is 0 Å². The molecule has 0 radical (unpaired) electrons. The summed E-state index contributed by atoms with van der Waals surface area (Å²) in [6, 6.07) is 0.580. The average molecular weight is 183 g/mol.